The number of aryl methyl sites for hydroxylation is 1. The molecule has 2 aromatic carbocycles. The van der Waals surface area contributed by atoms with Crippen LogP contribution in [0.5, 0.6) is 0 Å². The molecule has 0 radical (unpaired) electrons. The molecule has 0 bridgehead atoms. The van der Waals surface area contributed by atoms with Crippen LogP contribution in [0.3, 0.4) is 0 Å². The van der Waals surface area contributed by atoms with E-state index in [1.165, 1.54) is 28.8 Å². The molecule has 6 rings (SSSR count). The van der Waals surface area contributed by atoms with Gasteiger partial charge < -0.3 is 20.7 Å². The molecule has 1 amide bonds. The number of hydrogen-bond acceptors (Lipinski definition) is 7. The number of imidazole rings is 1. The van der Waals surface area contributed by atoms with E-state index >= 15 is 0 Å². The maximum absolute atomic E-state index is 13.1. The highest BCUT2D eigenvalue weighted by Gasteiger charge is 2.30. The largest absolute Gasteiger partial charge is 0.478 e. The second kappa shape index (κ2) is 12.0. The molecule has 1 aliphatic rings. The predicted molar refractivity (Wildman–Crippen MR) is 165 cm³/mol. The lowest BCUT2D eigenvalue weighted by Crippen LogP contribution is -2.39. The first-order valence-corrected chi connectivity index (χ1v) is 14.5. The molecule has 1 saturated carbocycles. The Hall–Kier alpha value is -5.52. The molecular formula is C32H31N7O5. The fourth-order valence-corrected chi connectivity index (χ4v) is 5.08. The summed E-state index contributed by atoms with van der Waals surface area (Å²) in [5, 5.41) is 15.2. The molecule has 4 N–H and O–H groups in total. The number of aromatic amines is 1. The maximum Gasteiger partial charge on any atom is 0.335 e. The smallest absolute Gasteiger partial charge is 0.335 e. The Labute approximate surface area is 251 Å². The van der Waals surface area contributed by atoms with Crippen molar-refractivity contribution in [2.24, 2.45) is 0 Å². The lowest BCUT2D eigenvalue weighted by Gasteiger charge is -2.09. The Bertz CT molecular complexity index is 1970. The Kier molecular flexibility index (Phi) is 7.80. The van der Waals surface area contributed by atoms with Crippen LogP contribution in [0.2, 0.25) is 0 Å². The summed E-state index contributed by atoms with van der Waals surface area (Å²) in [5.74, 6) is -0.213. The van der Waals surface area contributed by atoms with Crippen molar-refractivity contribution >= 4 is 28.9 Å². The van der Waals surface area contributed by atoms with Gasteiger partial charge in [-0.05, 0) is 66.8 Å². The first-order chi connectivity index (χ1) is 21.3. The number of pyridine rings is 1. The van der Waals surface area contributed by atoms with E-state index in [1.54, 1.807) is 10.8 Å². The number of rotatable bonds is 11. The van der Waals surface area contributed by atoms with Crippen molar-refractivity contribution in [3.05, 3.63) is 110 Å². The Morgan fingerprint density at radius 1 is 1.00 bits per heavy atom. The van der Waals surface area contributed by atoms with Crippen molar-refractivity contribution < 1.29 is 14.7 Å². The number of carboxylic acids is 1. The van der Waals surface area contributed by atoms with Crippen LogP contribution in [0.15, 0.2) is 76.4 Å². The van der Waals surface area contributed by atoms with Gasteiger partial charge in [0.1, 0.15) is 17.2 Å². The third kappa shape index (κ3) is 5.87. The van der Waals surface area contributed by atoms with Gasteiger partial charge >= 0.3 is 11.7 Å². The number of nitrogens with zero attached hydrogens (tertiary/aromatic N) is 4. The Balaban J connectivity index is 1.11. The van der Waals surface area contributed by atoms with E-state index in [1.807, 2.05) is 43.3 Å². The van der Waals surface area contributed by atoms with E-state index in [2.05, 4.69) is 25.6 Å². The van der Waals surface area contributed by atoms with Gasteiger partial charge in [-0.15, -0.1) is 0 Å². The number of anilines is 1. The molecule has 224 valence electrons. The van der Waals surface area contributed by atoms with E-state index < -0.39 is 5.97 Å². The van der Waals surface area contributed by atoms with Crippen molar-refractivity contribution in [1.82, 2.24) is 29.4 Å². The fourth-order valence-electron chi connectivity index (χ4n) is 5.08. The van der Waals surface area contributed by atoms with Crippen LogP contribution in [0.1, 0.15) is 64.1 Å². The van der Waals surface area contributed by atoms with Crippen molar-refractivity contribution in [1.29, 1.82) is 0 Å². The van der Waals surface area contributed by atoms with Gasteiger partial charge in [-0.25, -0.2) is 19.6 Å². The SMILES string of the molecule is CCCn1c(=O)n(C2CC2)c(=O)c2[nH]c(-c3ccc(NCc4cccc(CNC(=O)c5ccc(C(=O)O)cc5)c4)nc3)nc21. The van der Waals surface area contributed by atoms with E-state index in [0.29, 0.717) is 53.6 Å². The van der Waals surface area contributed by atoms with Crippen LogP contribution in [0.4, 0.5) is 5.82 Å². The summed E-state index contributed by atoms with van der Waals surface area (Å²) in [6, 6.07) is 17.2. The van der Waals surface area contributed by atoms with Gasteiger partial charge in [0.2, 0.25) is 0 Å². The first-order valence-electron chi connectivity index (χ1n) is 14.5. The fraction of sp³-hybridized carbons (Fsp3) is 0.250. The number of fused-ring (bicyclic) bond motifs is 1. The summed E-state index contributed by atoms with van der Waals surface area (Å²) in [4.78, 5) is 61.9. The Morgan fingerprint density at radius 2 is 1.73 bits per heavy atom. The summed E-state index contributed by atoms with van der Waals surface area (Å²) in [6.07, 6.45) is 4.07. The number of benzene rings is 2. The minimum absolute atomic E-state index is 0.0364. The zero-order valence-corrected chi connectivity index (χ0v) is 24.0. The number of H-pyrrole nitrogens is 1. The summed E-state index contributed by atoms with van der Waals surface area (Å²) >= 11 is 0. The first kappa shape index (κ1) is 28.6. The number of carboxylic acid groups (broad SMARTS) is 1. The number of nitrogens with one attached hydrogen (secondary N) is 3. The number of carbonyl (C=O) groups excluding carboxylic acids is 1. The molecular weight excluding hydrogens is 562 g/mol. The molecule has 12 heteroatoms. The predicted octanol–water partition coefficient (Wildman–Crippen LogP) is 3.93. The van der Waals surface area contributed by atoms with Gasteiger partial charge in [-0.1, -0.05) is 31.2 Å². The summed E-state index contributed by atoms with van der Waals surface area (Å²) < 4.78 is 2.94. The molecule has 1 aliphatic carbocycles. The highest BCUT2D eigenvalue weighted by molar-refractivity contribution is 5.95. The average Bonchev–Trinajstić information content (AvgIpc) is 3.77. The molecule has 0 saturated heterocycles. The minimum Gasteiger partial charge on any atom is -0.478 e. The molecule has 0 atom stereocenters. The molecule has 0 spiro atoms. The zero-order chi connectivity index (χ0) is 30.8. The number of aromatic nitrogens is 5. The maximum atomic E-state index is 13.1. The van der Waals surface area contributed by atoms with Gasteiger partial charge in [0.15, 0.2) is 5.65 Å². The van der Waals surface area contributed by atoms with Crippen molar-refractivity contribution in [2.75, 3.05) is 5.32 Å². The number of aromatic carboxylic acids is 1. The van der Waals surface area contributed by atoms with E-state index in [-0.39, 0.29) is 28.8 Å². The van der Waals surface area contributed by atoms with Gasteiger partial charge in [-0.3, -0.25) is 18.7 Å². The molecule has 3 aromatic heterocycles. The van der Waals surface area contributed by atoms with Gasteiger partial charge in [-0.2, -0.15) is 0 Å². The lowest BCUT2D eigenvalue weighted by molar-refractivity contribution is 0.0696. The molecule has 0 unspecified atom stereocenters. The summed E-state index contributed by atoms with van der Waals surface area (Å²) in [5.41, 5.74) is 3.16. The molecule has 5 aromatic rings. The third-order valence-electron chi connectivity index (χ3n) is 7.52. The average molecular weight is 594 g/mol. The van der Waals surface area contributed by atoms with Crippen LogP contribution >= 0.6 is 0 Å². The van der Waals surface area contributed by atoms with E-state index in [4.69, 9.17) is 5.11 Å². The quantitative estimate of drug-likeness (QED) is 0.179. The topological polar surface area (TPSA) is 164 Å². The van der Waals surface area contributed by atoms with Crippen molar-refractivity contribution in [2.45, 2.75) is 51.9 Å². The molecule has 44 heavy (non-hydrogen) atoms. The van der Waals surface area contributed by atoms with Crippen LogP contribution in [-0.2, 0) is 19.6 Å². The van der Waals surface area contributed by atoms with Gasteiger partial charge in [0.05, 0.1) is 5.56 Å². The second-order valence-electron chi connectivity index (χ2n) is 10.8. The number of amides is 1. The molecule has 0 aliphatic heterocycles. The highest BCUT2D eigenvalue weighted by atomic mass is 16.4. The van der Waals surface area contributed by atoms with Gasteiger partial charge in [0, 0.05) is 43.0 Å². The second-order valence-corrected chi connectivity index (χ2v) is 10.8. The standard InChI is InChI=1S/C32H31N7O5/c1-2-14-38-28-26(30(41)39(32(38)44)24-11-12-24)36-27(37-28)23-10-13-25(34-18-23)33-16-19-4-3-5-20(15-19)17-35-29(40)21-6-8-22(9-7-21)31(42)43/h3-10,13,15,18,24H,2,11-12,14,16-17H2,1H3,(H,33,34)(H,35,40)(H,36,37)(H,42,43). The molecule has 1 fully saturated rings. The number of carbonyl (C=O) groups is 2. The van der Waals surface area contributed by atoms with Crippen molar-refractivity contribution in [3.8, 4) is 11.4 Å². The highest BCUT2D eigenvalue weighted by Crippen LogP contribution is 2.32. The summed E-state index contributed by atoms with van der Waals surface area (Å²) in [7, 11) is 0. The van der Waals surface area contributed by atoms with Gasteiger partial charge in [0.25, 0.3) is 11.5 Å². The van der Waals surface area contributed by atoms with Crippen molar-refractivity contribution in [3.63, 3.8) is 0 Å². The molecule has 12 nitrogen and oxygen atoms in total. The normalized spacial score (nSPS) is 12.8. The van der Waals surface area contributed by atoms with Crippen LogP contribution < -0.4 is 21.9 Å². The minimum atomic E-state index is -1.04. The Morgan fingerprint density at radius 3 is 2.39 bits per heavy atom. The monoisotopic (exact) mass is 593 g/mol. The van der Waals surface area contributed by atoms with Crippen LogP contribution in [-0.4, -0.2) is 41.1 Å². The lowest BCUT2D eigenvalue weighted by atomic mass is 10.1. The van der Waals surface area contributed by atoms with Crippen LogP contribution in [0.25, 0.3) is 22.6 Å². The summed E-state index contributed by atoms with van der Waals surface area (Å²) in [6.45, 7) is 3.27. The third-order valence-corrected chi connectivity index (χ3v) is 7.52. The molecule has 3 heterocycles. The van der Waals surface area contributed by atoms with E-state index in [0.717, 1.165) is 30.4 Å². The van der Waals surface area contributed by atoms with Crippen LogP contribution in [0, 0.1) is 0 Å². The number of hydrogen-bond donors (Lipinski definition) is 4. The van der Waals surface area contributed by atoms with E-state index in [9.17, 15) is 19.2 Å². The zero-order valence-electron chi connectivity index (χ0n) is 24.0.